The van der Waals surface area contributed by atoms with Gasteiger partial charge in [0.2, 0.25) is 0 Å². The maximum atomic E-state index is 5.13. The Labute approximate surface area is 108 Å². The molecule has 0 N–H and O–H groups in total. The maximum Gasteiger partial charge on any atom is 0.134 e. The lowest BCUT2D eigenvalue weighted by molar-refractivity contribution is 0.155. The highest BCUT2D eigenvalue weighted by Crippen LogP contribution is 2.07. The topological polar surface area (TPSA) is 43.2 Å². The first-order valence-electron chi connectivity index (χ1n) is 6.13. The standard InChI is InChI=1S/C14H20N2O2/c1-5-17-15-12(4)14(16-18-6-2)13-9-7-11(3)8-10-13/h7-10H,5-6H2,1-4H3. The number of rotatable bonds is 6. The van der Waals surface area contributed by atoms with Gasteiger partial charge in [-0.3, -0.25) is 0 Å². The van der Waals surface area contributed by atoms with Crippen LogP contribution >= 0.6 is 0 Å². The van der Waals surface area contributed by atoms with Gasteiger partial charge in [0.05, 0.1) is 0 Å². The summed E-state index contributed by atoms with van der Waals surface area (Å²) in [5.41, 5.74) is 3.57. The van der Waals surface area contributed by atoms with E-state index in [2.05, 4.69) is 10.3 Å². The molecule has 0 saturated heterocycles. The van der Waals surface area contributed by atoms with Crippen LogP contribution in [0.25, 0.3) is 0 Å². The Hall–Kier alpha value is -1.84. The van der Waals surface area contributed by atoms with Crippen LogP contribution in [0.2, 0.25) is 0 Å². The van der Waals surface area contributed by atoms with Gasteiger partial charge in [0.15, 0.2) is 0 Å². The van der Waals surface area contributed by atoms with E-state index >= 15 is 0 Å². The van der Waals surface area contributed by atoms with Crippen LogP contribution in [0.4, 0.5) is 0 Å². The number of aryl methyl sites for hydroxylation is 1. The average Bonchev–Trinajstić information content (AvgIpc) is 2.38. The van der Waals surface area contributed by atoms with Crippen molar-refractivity contribution in [2.45, 2.75) is 27.7 Å². The first-order chi connectivity index (χ1) is 8.69. The molecule has 1 rings (SSSR count). The quantitative estimate of drug-likeness (QED) is 0.573. The summed E-state index contributed by atoms with van der Waals surface area (Å²) in [5.74, 6) is 0. The van der Waals surface area contributed by atoms with Crippen LogP contribution in [-0.4, -0.2) is 24.6 Å². The fourth-order valence-corrected chi connectivity index (χ4v) is 1.37. The van der Waals surface area contributed by atoms with Gasteiger partial charge in [0, 0.05) is 5.56 Å². The predicted molar refractivity (Wildman–Crippen MR) is 74.1 cm³/mol. The van der Waals surface area contributed by atoms with Gasteiger partial charge in [-0.15, -0.1) is 0 Å². The lowest BCUT2D eigenvalue weighted by Crippen LogP contribution is -2.13. The highest BCUT2D eigenvalue weighted by Gasteiger charge is 2.09. The first kappa shape index (κ1) is 14.2. The molecule has 0 aromatic heterocycles. The monoisotopic (exact) mass is 248 g/mol. The molecule has 0 bridgehead atoms. The molecule has 0 saturated carbocycles. The Kier molecular flexibility index (Phi) is 5.91. The Bertz CT molecular complexity index is 422. The van der Waals surface area contributed by atoms with Crippen LogP contribution < -0.4 is 0 Å². The Morgan fingerprint density at radius 2 is 1.56 bits per heavy atom. The first-order valence-corrected chi connectivity index (χ1v) is 6.13. The van der Waals surface area contributed by atoms with Crippen LogP contribution in [-0.2, 0) is 9.68 Å². The Morgan fingerprint density at radius 3 is 2.11 bits per heavy atom. The van der Waals surface area contributed by atoms with Crippen molar-refractivity contribution in [3.8, 4) is 0 Å². The number of benzene rings is 1. The molecule has 0 fully saturated rings. The Morgan fingerprint density at radius 1 is 1.00 bits per heavy atom. The highest BCUT2D eigenvalue weighted by molar-refractivity contribution is 6.47. The second-order valence-corrected chi connectivity index (χ2v) is 3.82. The molecular weight excluding hydrogens is 228 g/mol. The molecule has 0 atom stereocenters. The van der Waals surface area contributed by atoms with E-state index in [-0.39, 0.29) is 0 Å². The van der Waals surface area contributed by atoms with E-state index in [0.717, 1.165) is 5.56 Å². The SMILES string of the molecule is CCON=C(C)C(=NOCC)c1ccc(C)cc1. The van der Waals surface area contributed by atoms with Crippen LogP contribution in [0, 0.1) is 6.92 Å². The van der Waals surface area contributed by atoms with Gasteiger partial charge in [-0.05, 0) is 27.7 Å². The van der Waals surface area contributed by atoms with Crippen molar-refractivity contribution >= 4 is 11.4 Å². The summed E-state index contributed by atoms with van der Waals surface area (Å²) in [6, 6.07) is 8.06. The molecule has 0 amide bonds. The van der Waals surface area contributed by atoms with Crippen molar-refractivity contribution < 1.29 is 9.68 Å². The van der Waals surface area contributed by atoms with E-state index in [1.165, 1.54) is 5.56 Å². The number of nitrogens with zero attached hydrogens (tertiary/aromatic N) is 2. The summed E-state index contributed by atoms with van der Waals surface area (Å²) in [6.45, 7) is 8.75. The molecule has 1 aromatic rings. The van der Waals surface area contributed by atoms with E-state index < -0.39 is 0 Å². The summed E-state index contributed by atoms with van der Waals surface area (Å²) in [7, 11) is 0. The lowest BCUT2D eigenvalue weighted by atomic mass is 10.1. The summed E-state index contributed by atoms with van der Waals surface area (Å²) in [6.07, 6.45) is 0. The smallest absolute Gasteiger partial charge is 0.134 e. The predicted octanol–water partition coefficient (Wildman–Crippen LogP) is 3.15. The zero-order valence-electron chi connectivity index (χ0n) is 11.4. The highest BCUT2D eigenvalue weighted by atomic mass is 16.6. The molecule has 0 heterocycles. The number of hydrogen-bond acceptors (Lipinski definition) is 4. The molecule has 0 radical (unpaired) electrons. The van der Waals surface area contributed by atoms with Crippen LogP contribution in [0.3, 0.4) is 0 Å². The zero-order chi connectivity index (χ0) is 13.4. The zero-order valence-corrected chi connectivity index (χ0v) is 11.4. The summed E-state index contributed by atoms with van der Waals surface area (Å²) < 4.78 is 0. The molecular formula is C14H20N2O2. The third kappa shape index (κ3) is 4.20. The van der Waals surface area contributed by atoms with Gasteiger partial charge in [0.25, 0.3) is 0 Å². The van der Waals surface area contributed by atoms with E-state index in [4.69, 9.17) is 9.68 Å². The van der Waals surface area contributed by atoms with Crippen molar-refractivity contribution in [1.82, 2.24) is 0 Å². The minimum absolute atomic E-state index is 0.525. The van der Waals surface area contributed by atoms with Gasteiger partial charge in [-0.1, -0.05) is 40.1 Å². The molecule has 0 spiro atoms. The van der Waals surface area contributed by atoms with Crippen molar-refractivity contribution in [3.63, 3.8) is 0 Å². The number of hydrogen-bond donors (Lipinski definition) is 0. The van der Waals surface area contributed by atoms with E-state index in [9.17, 15) is 0 Å². The van der Waals surface area contributed by atoms with E-state index in [1.54, 1.807) is 0 Å². The van der Waals surface area contributed by atoms with Crippen LogP contribution in [0.5, 0.6) is 0 Å². The molecule has 1 aromatic carbocycles. The minimum atomic E-state index is 0.525. The van der Waals surface area contributed by atoms with Gasteiger partial charge < -0.3 is 9.68 Å². The van der Waals surface area contributed by atoms with Gasteiger partial charge in [-0.2, -0.15) is 0 Å². The molecule has 98 valence electrons. The van der Waals surface area contributed by atoms with Crippen molar-refractivity contribution in [1.29, 1.82) is 0 Å². The van der Waals surface area contributed by atoms with Gasteiger partial charge >= 0.3 is 0 Å². The second-order valence-electron chi connectivity index (χ2n) is 3.82. The van der Waals surface area contributed by atoms with Crippen molar-refractivity contribution in [2.75, 3.05) is 13.2 Å². The Balaban J connectivity index is 3.01. The summed E-state index contributed by atoms with van der Waals surface area (Å²) >= 11 is 0. The lowest BCUT2D eigenvalue weighted by Gasteiger charge is -2.06. The molecule has 4 heteroatoms. The minimum Gasteiger partial charge on any atom is -0.396 e. The van der Waals surface area contributed by atoms with Gasteiger partial charge in [0.1, 0.15) is 24.6 Å². The molecule has 0 aliphatic heterocycles. The van der Waals surface area contributed by atoms with Crippen LogP contribution in [0.15, 0.2) is 34.6 Å². The van der Waals surface area contributed by atoms with Crippen molar-refractivity contribution in [2.24, 2.45) is 10.3 Å². The largest absolute Gasteiger partial charge is 0.396 e. The fraction of sp³-hybridized carbons (Fsp3) is 0.429. The summed E-state index contributed by atoms with van der Waals surface area (Å²) in [5, 5.41) is 8.10. The fourth-order valence-electron chi connectivity index (χ4n) is 1.37. The average molecular weight is 248 g/mol. The van der Waals surface area contributed by atoms with Crippen molar-refractivity contribution in [3.05, 3.63) is 35.4 Å². The van der Waals surface area contributed by atoms with Gasteiger partial charge in [-0.25, -0.2) is 0 Å². The molecule has 4 nitrogen and oxygen atoms in total. The molecule has 0 aliphatic carbocycles. The van der Waals surface area contributed by atoms with E-state index in [0.29, 0.717) is 24.6 Å². The molecule has 0 aliphatic rings. The van der Waals surface area contributed by atoms with E-state index in [1.807, 2.05) is 52.0 Å². The third-order valence-electron chi connectivity index (χ3n) is 2.28. The normalized spacial score (nSPS) is 12.4. The summed E-state index contributed by atoms with van der Waals surface area (Å²) in [4.78, 5) is 10.2. The number of oxime groups is 2. The molecule has 18 heavy (non-hydrogen) atoms. The van der Waals surface area contributed by atoms with Crippen LogP contribution in [0.1, 0.15) is 31.9 Å². The second kappa shape index (κ2) is 7.48. The maximum absolute atomic E-state index is 5.13. The third-order valence-corrected chi connectivity index (χ3v) is 2.28. The molecule has 0 unspecified atom stereocenters.